The molecular weight excluding hydrogens is 434 g/mol. The van der Waals surface area contributed by atoms with Gasteiger partial charge in [-0.25, -0.2) is 9.78 Å². The Labute approximate surface area is 196 Å². The van der Waals surface area contributed by atoms with Gasteiger partial charge in [0.15, 0.2) is 0 Å². The minimum Gasteiger partial charge on any atom is -0.496 e. The van der Waals surface area contributed by atoms with E-state index in [4.69, 9.17) is 9.72 Å². The fourth-order valence-corrected chi connectivity index (χ4v) is 4.84. The van der Waals surface area contributed by atoms with E-state index in [0.29, 0.717) is 42.5 Å². The quantitative estimate of drug-likeness (QED) is 0.501. The van der Waals surface area contributed by atoms with E-state index >= 15 is 0 Å². The van der Waals surface area contributed by atoms with Gasteiger partial charge in [0, 0.05) is 31.7 Å². The predicted molar refractivity (Wildman–Crippen MR) is 129 cm³/mol. The number of pyridine rings is 2. The summed E-state index contributed by atoms with van der Waals surface area (Å²) >= 11 is 0. The number of carbonyl (C=O) groups is 1. The number of aliphatic hydroxyl groups is 1. The molecule has 1 atom stereocenters. The van der Waals surface area contributed by atoms with Gasteiger partial charge in [-0.1, -0.05) is 12.1 Å². The van der Waals surface area contributed by atoms with E-state index in [-0.39, 0.29) is 17.6 Å². The molecule has 0 aliphatic carbocycles. The maximum Gasteiger partial charge on any atom is 0.329 e. The number of aliphatic hydroxyl groups excluding tert-OH is 1. The van der Waals surface area contributed by atoms with E-state index in [0.717, 1.165) is 22.5 Å². The number of fused-ring (bicyclic) bond motifs is 3. The maximum atomic E-state index is 13.3. The highest BCUT2D eigenvalue weighted by Crippen LogP contribution is 2.33. The van der Waals surface area contributed by atoms with Crippen LogP contribution in [0.4, 0.5) is 0 Å². The Morgan fingerprint density at radius 3 is 2.62 bits per heavy atom. The number of likely N-dealkylation sites (tertiary alicyclic amines) is 1. The fraction of sp³-hybridized carbons (Fsp3) is 0.360. The first kappa shape index (κ1) is 22.1. The van der Waals surface area contributed by atoms with Crippen LogP contribution in [-0.4, -0.2) is 61.3 Å². The minimum atomic E-state index is -1.02. The molecule has 4 aromatic rings. The number of aromatic nitrogens is 4. The maximum absolute atomic E-state index is 13.3. The Hall–Kier alpha value is -3.72. The molecule has 0 radical (unpaired) electrons. The van der Waals surface area contributed by atoms with Gasteiger partial charge in [-0.3, -0.25) is 18.9 Å². The number of nitrogens with zero attached hydrogens (tertiary/aromatic N) is 5. The van der Waals surface area contributed by atoms with E-state index in [1.54, 1.807) is 29.8 Å². The summed E-state index contributed by atoms with van der Waals surface area (Å²) in [7, 11) is 3.37. The Balaban J connectivity index is 1.64. The van der Waals surface area contributed by atoms with Crippen molar-refractivity contribution in [2.45, 2.75) is 31.9 Å². The van der Waals surface area contributed by atoms with E-state index < -0.39 is 6.10 Å². The third-order valence-electron chi connectivity index (χ3n) is 6.64. The molecule has 5 rings (SSSR count). The SMILES string of the molecule is COc1ccccc1-c1ccc2ncc3c(c2n1)n(C1CCN(C(=O)[C@H](C)O)CC1)c(=O)n3C. The lowest BCUT2D eigenvalue weighted by atomic mass is 10.0. The number of carbonyl (C=O) groups excluding carboxylic acids is 1. The summed E-state index contributed by atoms with van der Waals surface area (Å²) < 4.78 is 8.93. The number of para-hydroxylation sites is 1. The van der Waals surface area contributed by atoms with Gasteiger partial charge in [0.1, 0.15) is 17.4 Å². The minimum absolute atomic E-state index is 0.0865. The first-order chi connectivity index (χ1) is 16.4. The second-order valence-corrected chi connectivity index (χ2v) is 8.70. The highest BCUT2D eigenvalue weighted by atomic mass is 16.5. The molecule has 3 aromatic heterocycles. The Morgan fingerprint density at radius 2 is 1.91 bits per heavy atom. The first-order valence-corrected chi connectivity index (χ1v) is 11.4. The highest BCUT2D eigenvalue weighted by molar-refractivity contribution is 6.00. The number of hydrogen-bond acceptors (Lipinski definition) is 6. The van der Waals surface area contributed by atoms with Crippen LogP contribution >= 0.6 is 0 Å². The van der Waals surface area contributed by atoms with Gasteiger partial charge in [0.05, 0.1) is 35.6 Å². The zero-order valence-electron chi connectivity index (χ0n) is 19.4. The molecule has 0 saturated carbocycles. The van der Waals surface area contributed by atoms with Crippen molar-refractivity contribution < 1.29 is 14.6 Å². The third-order valence-corrected chi connectivity index (χ3v) is 6.64. The Kier molecular flexibility index (Phi) is 5.57. The normalized spacial score (nSPS) is 15.7. The average molecular weight is 462 g/mol. The van der Waals surface area contributed by atoms with Crippen molar-refractivity contribution in [3.8, 4) is 17.0 Å². The van der Waals surface area contributed by atoms with Crippen LogP contribution < -0.4 is 10.4 Å². The molecule has 1 N–H and O–H groups in total. The number of aryl methyl sites for hydroxylation is 1. The van der Waals surface area contributed by atoms with Gasteiger partial charge in [-0.15, -0.1) is 0 Å². The van der Waals surface area contributed by atoms with E-state index in [2.05, 4.69) is 4.98 Å². The fourth-order valence-electron chi connectivity index (χ4n) is 4.84. The van der Waals surface area contributed by atoms with Crippen LogP contribution in [0.3, 0.4) is 0 Å². The number of piperidine rings is 1. The van der Waals surface area contributed by atoms with Crippen LogP contribution in [0.1, 0.15) is 25.8 Å². The van der Waals surface area contributed by atoms with Crippen LogP contribution in [0.5, 0.6) is 5.75 Å². The molecule has 1 saturated heterocycles. The molecule has 9 heteroatoms. The summed E-state index contributed by atoms with van der Waals surface area (Å²) in [6.07, 6.45) is 1.93. The lowest BCUT2D eigenvalue weighted by Gasteiger charge is -2.33. The molecule has 1 amide bonds. The standard InChI is InChI=1S/C25H27N5O4/c1-15(31)24(32)29-12-10-16(11-13-29)30-23-20(28(2)25(30)33)14-26-19-9-8-18(27-22(19)23)17-6-4-5-7-21(17)34-3/h4-9,14-16,31H,10-13H2,1-3H3/t15-/m0/s1. The third kappa shape index (κ3) is 3.52. The second kappa shape index (κ2) is 8.57. The van der Waals surface area contributed by atoms with E-state index in [9.17, 15) is 14.7 Å². The van der Waals surface area contributed by atoms with Gasteiger partial charge >= 0.3 is 5.69 Å². The summed E-state index contributed by atoms with van der Waals surface area (Å²) in [5.41, 5.74) is 4.28. The summed E-state index contributed by atoms with van der Waals surface area (Å²) in [5, 5.41) is 9.65. The molecule has 0 spiro atoms. The van der Waals surface area contributed by atoms with E-state index in [1.165, 1.54) is 6.92 Å². The number of hydrogen-bond donors (Lipinski definition) is 1. The Morgan fingerprint density at radius 1 is 1.18 bits per heavy atom. The highest BCUT2D eigenvalue weighted by Gasteiger charge is 2.29. The largest absolute Gasteiger partial charge is 0.496 e. The van der Waals surface area contributed by atoms with Crippen molar-refractivity contribution in [2.75, 3.05) is 20.2 Å². The zero-order chi connectivity index (χ0) is 24.0. The van der Waals surface area contributed by atoms with Crippen molar-refractivity contribution in [1.82, 2.24) is 24.0 Å². The molecule has 1 aromatic carbocycles. The van der Waals surface area contributed by atoms with Crippen molar-refractivity contribution >= 4 is 28.0 Å². The molecule has 1 aliphatic rings. The number of ether oxygens (including phenoxy) is 1. The molecule has 34 heavy (non-hydrogen) atoms. The average Bonchev–Trinajstić information content (AvgIpc) is 3.13. The van der Waals surface area contributed by atoms with Crippen LogP contribution in [-0.2, 0) is 11.8 Å². The molecule has 1 fully saturated rings. The molecule has 176 valence electrons. The van der Waals surface area contributed by atoms with Crippen LogP contribution in [0.25, 0.3) is 33.3 Å². The lowest BCUT2D eigenvalue weighted by molar-refractivity contribution is -0.140. The number of methoxy groups -OCH3 is 1. The summed E-state index contributed by atoms with van der Waals surface area (Å²) in [6.45, 7) is 2.45. The van der Waals surface area contributed by atoms with Gasteiger partial charge < -0.3 is 14.7 Å². The van der Waals surface area contributed by atoms with Crippen molar-refractivity contribution in [3.63, 3.8) is 0 Å². The summed E-state index contributed by atoms with van der Waals surface area (Å²) in [6, 6.07) is 11.4. The van der Waals surface area contributed by atoms with Crippen molar-refractivity contribution in [2.24, 2.45) is 7.05 Å². The number of benzene rings is 1. The monoisotopic (exact) mass is 461 g/mol. The molecule has 0 unspecified atom stereocenters. The molecular formula is C25H27N5O4. The van der Waals surface area contributed by atoms with Gasteiger partial charge in [0.2, 0.25) is 0 Å². The topological polar surface area (TPSA) is 102 Å². The summed E-state index contributed by atoms with van der Waals surface area (Å²) in [4.78, 5) is 36.7. The number of amides is 1. The molecule has 1 aliphatic heterocycles. The van der Waals surface area contributed by atoms with Crippen molar-refractivity contribution in [3.05, 3.63) is 53.1 Å². The van der Waals surface area contributed by atoms with Gasteiger partial charge in [-0.05, 0) is 44.0 Å². The van der Waals surface area contributed by atoms with Gasteiger partial charge in [-0.2, -0.15) is 0 Å². The van der Waals surface area contributed by atoms with Crippen LogP contribution in [0, 0.1) is 0 Å². The summed E-state index contributed by atoms with van der Waals surface area (Å²) in [5.74, 6) is 0.441. The predicted octanol–water partition coefficient (Wildman–Crippen LogP) is 2.50. The first-order valence-electron chi connectivity index (χ1n) is 11.4. The smallest absolute Gasteiger partial charge is 0.329 e. The Bertz CT molecular complexity index is 1450. The molecule has 0 bridgehead atoms. The second-order valence-electron chi connectivity index (χ2n) is 8.70. The lowest BCUT2D eigenvalue weighted by Crippen LogP contribution is -2.44. The van der Waals surface area contributed by atoms with Crippen LogP contribution in [0.15, 0.2) is 47.4 Å². The number of imidazole rings is 1. The molecule has 9 nitrogen and oxygen atoms in total. The van der Waals surface area contributed by atoms with Crippen molar-refractivity contribution in [1.29, 1.82) is 0 Å². The van der Waals surface area contributed by atoms with Crippen LogP contribution in [0.2, 0.25) is 0 Å². The van der Waals surface area contributed by atoms with E-state index in [1.807, 2.05) is 41.0 Å². The van der Waals surface area contributed by atoms with Gasteiger partial charge in [0.25, 0.3) is 5.91 Å². The zero-order valence-corrected chi connectivity index (χ0v) is 19.4. The molecule has 4 heterocycles. The number of rotatable bonds is 4.